The van der Waals surface area contributed by atoms with E-state index >= 15 is 0 Å². The Morgan fingerprint density at radius 3 is 2.75 bits per heavy atom. The van der Waals surface area contributed by atoms with Crippen molar-refractivity contribution in [2.45, 2.75) is 0 Å². The van der Waals surface area contributed by atoms with Gasteiger partial charge in [-0.15, -0.1) is 11.3 Å². The summed E-state index contributed by atoms with van der Waals surface area (Å²) in [6.45, 7) is 0. The van der Waals surface area contributed by atoms with Crippen LogP contribution in [0, 0.1) is 49.4 Å². The van der Waals surface area contributed by atoms with E-state index in [1.54, 1.807) is 17.5 Å². The van der Waals surface area contributed by atoms with E-state index in [1.807, 2.05) is 0 Å². The zero-order valence-electron chi connectivity index (χ0n) is 5.83. The van der Waals surface area contributed by atoms with Crippen molar-refractivity contribution >= 4 is 23.1 Å². The molecule has 0 unspecified atom stereocenters. The molecule has 0 bridgehead atoms. The Labute approximate surface area is 114 Å². The van der Waals surface area contributed by atoms with Crippen molar-refractivity contribution in [1.29, 1.82) is 0 Å². The molecular weight excluding hydrogens is 319 g/mol. The molecule has 0 spiro atoms. The first-order valence-electron chi connectivity index (χ1n) is 2.84. The Kier molecular flexibility index (Phi) is 6.18. The maximum atomic E-state index is 11.7. The van der Waals surface area contributed by atoms with Crippen molar-refractivity contribution in [3.63, 3.8) is 0 Å². The topological polar surface area (TPSA) is 37.3 Å². The standard InChI is InChI=1S/C7H5FO2S.Eu/c8-7(10)4-5(9)6-2-1-3-11-6;/h1-4,9H;/b5-4-;. The van der Waals surface area contributed by atoms with Crippen LogP contribution in [0.3, 0.4) is 0 Å². The zero-order chi connectivity index (χ0) is 8.27. The van der Waals surface area contributed by atoms with Gasteiger partial charge in [0.25, 0.3) is 0 Å². The van der Waals surface area contributed by atoms with Gasteiger partial charge in [-0.25, -0.2) is 0 Å². The van der Waals surface area contributed by atoms with Gasteiger partial charge < -0.3 is 5.11 Å². The number of carbonyl (C=O) groups excluding carboxylic acids is 1. The molecule has 0 saturated carbocycles. The van der Waals surface area contributed by atoms with Crippen LogP contribution in [0.5, 0.6) is 0 Å². The van der Waals surface area contributed by atoms with Crippen LogP contribution in [0.4, 0.5) is 4.39 Å². The fourth-order valence-electron chi connectivity index (χ4n) is 0.603. The Bertz CT molecular complexity index is 282. The van der Waals surface area contributed by atoms with E-state index in [2.05, 4.69) is 0 Å². The third kappa shape index (κ3) is 3.89. The predicted octanol–water partition coefficient (Wildman–Crippen LogP) is 2.14. The molecule has 1 N–H and O–H groups in total. The Morgan fingerprint density at radius 2 is 2.33 bits per heavy atom. The Balaban J connectivity index is 0.00000121. The summed E-state index contributed by atoms with van der Waals surface area (Å²) in [5.41, 5.74) is 0. The second-order valence-corrected chi connectivity index (χ2v) is 2.76. The molecule has 0 aliphatic rings. The van der Waals surface area contributed by atoms with Crippen molar-refractivity contribution in [3.8, 4) is 0 Å². The van der Waals surface area contributed by atoms with Crippen LogP contribution in [0.15, 0.2) is 23.6 Å². The number of hydrogen-bond donors (Lipinski definition) is 1. The second-order valence-electron chi connectivity index (χ2n) is 1.81. The molecule has 0 aliphatic carbocycles. The van der Waals surface area contributed by atoms with E-state index in [9.17, 15) is 9.18 Å². The summed E-state index contributed by atoms with van der Waals surface area (Å²) in [4.78, 5) is 10.3. The number of aliphatic hydroxyl groups excluding tert-OH is 1. The number of halogens is 1. The molecule has 0 fully saturated rings. The maximum Gasteiger partial charge on any atom is 0.328 e. The van der Waals surface area contributed by atoms with E-state index in [0.717, 1.165) is 0 Å². The summed E-state index contributed by atoms with van der Waals surface area (Å²) in [7, 11) is 0. The number of allylic oxidation sites excluding steroid dienone is 1. The van der Waals surface area contributed by atoms with Crippen molar-refractivity contribution in [2.75, 3.05) is 0 Å². The first kappa shape index (κ1) is 12.4. The summed E-state index contributed by atoms with van der Waals surface area (Å²) < 4.78 is 11.7. The summed E-state index contributed by atoms with van der Waals surface area (Å²) in [5.74, 6) is -0.326. The van der Waals surface area contributed by atoms with Crippen LogP contribution in [0.1, 0.15) is 4.88 Å². The van der Waals surface area contributed by atoms with Crippen LogP contribution in [0.25, 0.3) is 5.76 Å². The van der Waals surface area contributed by atoms with E-state index in [-0.39, 0.29) is 55.1 Å². The summed E-state index contributed by atoms with van der Waals surface area (Å²) in [5, 5.41) is 10.7. The summed E-state index contributed by atoms with van der Waals surface area (Å²) in [6, 6.07) is 1.66. The minimum atomic E-state index is -1.64. The molecule has 1 radical (unpaired) electrons. The summed E-state index contributed by atoms with van der Waals surface area (Å²) >= 11 is 1.24. The molecule has 0 atom stereocenters. The monoisotopic (exact) mass is 325 g/mol. The molecule has 1 aromatic heterocycles. The largest absolute Gasteiger partial charge is 0.506 e. The molecule has 0 amide bonds. The predicted molar refractivity (Wildman–Crippen MR) is 41.0 cm³/mol. The van der Waals surface area contributed by atoms with E-state index in [1.165, 1.54) is 11.3 Å². The molecule has 1 heterocycles. The van der Waals surface area contributed by atoms with Gasteiger partial charge in [0.05, 0.1) is 11.0 Å². The average molecular weight is 324 g/mol. The number of carbonyl (C=O) groups is 1. The maximum absolute atomic E-state index is 11.7. The molecule has 65 valence electrons. The van der Waals surface area contributed by atoms with E-state index < -0.39 is 6.04 Å². The fraction of sp³-hybridized carbons (Fsp3) is 0. The molecule has 2 nitrogen and oxygen atoms in total. The van der Waals surface area contributed by atoms with Crippen molar-refractivity contribution in [3.05, 3.63) is 28.5 Å². The molecule has 1 aromatic rings. The summed E-state index contributed by atoms with van der Waals surface area (Å²) in [6.07, 6.45) is 0.547. The minimum Gasteiger partial charge on any atom is -0.506 e. The fourth-order valence-corrected chi connectivity index (χ4v) is 1.24. The zero-order valence-corrected chi connectivity index (χ0v) is 9.07. The first-order valence-corrected chi connectivity index (χ1v) is 3.72. The van der Waals surface area contributed by atoms with Gasteiger partial charge in [-0.2, -0.15) is 4.39 Å². The van der Waals surface area contributed by atoms with Crippen LogP contribution in [0.2, 0.25) is 0 Å². The van der Waals surface area contributed by atoms with Gasteiger partial charge in [0.15, 0.2) is 0 Å². The quantitative estimate of drug-likeness (QED) is 0.514. The average Bonchev–Trinajstić information content (AvgIpc) is 2.35. The third-order valence-corrected chi connectivity index (χ3v) is 1.92. The van der Waals surface area contributed by atoms with Crippen LogP contribution in [-0.4, -0.2) is 11.1 Å². The van der Waals surface area contributed by atoms with E-state index in [4.69, 9.17) is 5.11 Å². The smallest absolute Gasteiger partial charge is 0.328 e. The van der Waals surface area contributed by atoms with Crippen LogP contribution in [-0.2, 0) is 4.79 Å². The molecule has 5 heteroatoms. The van der Waals surface area contributed by atoms with Gasteiger partial charge >= 0.3 is 6.04 Å². The molecule has 0 aromatic carbocycles. The SMILES string of the molecule is O=C(F)/C=C(\O)c1cccs1.[Eu]. The van der Waals surface area contributed by atoms with Crippen molar-refractivity contribution < 1.29 is 63.7 Å². The van der Waals surface area contributed by atoms with Crippen LogP contribution < -0.4 is 0 Å². The van der Waals surface area contributed by atoms with Gasteiger partial charge in [0.2, 0.25) is 0 Å². The van der Waals surface area contributed by atoms with Gasteiger partial charge in [-0.3, -0.25) is 4.79 Å². The molecular formula is C7H5EuFO2S. The Hall–Kier alpha value is 0.424. The number of hydrogen-bond acceptors (Lipinski definition) is 3. The van der Waals surface area contributed by atoms with Crippen molar-refractivity contribution in [1.82, 2.24) is 0 Å². The first-order chi connectivity index (χ1) is 5.20. The van der Waals surface area contributed by atoms with Gasteiger partial charge in [-0.05, 0) is 11.4 Å². The van der Waals surface area contributed by atoms with Crippen molar-refractivity contribution in [2.24, 2.45) is 0 Å². The molecule has 0 aliphatic heterocycles. The molecule has 1 rings (SSSR count). The normalized spacial score (nSPS) is 10.6. The number of thiophene rings is 1. The van der Waals surface area contributed by atoms with Crippen LogP contribution >= 0.6 is 11.3 Å². The second kappa shape index (κ2) is 5.97. The van der Waals surface area contributed by atoms with E-state index in [0.29, 0.717) is 11.0 Å². The third-order valence-electron chi connectivity index (χ3n) is 1.02. The number of aliphatic hydroxyl groups is 1. The number of rotatable bonds is 2. The molecule has 0 saturated heterocycles. The Morgan fingerprint density at radius 1 is 1.67 bits per heavy atom. The van der Waals surface area contributed by atoms with Gasteiger partial charge in [0, 0.05) is 49.4 Å². The molecule has 12 heavy (non-hydrogen) atoms. The van der Waals surface area contributed by atoms with Gasteiger partial charge in [0.1, 0.15) is 5.76 Å². The minimum absolute atomic E-state index is 0. The van der Waals surface area contributed by atoms with Gasteiger partial charge in [-0.1, -0.05) is 6.07 Å².